The number of carbonyl (C=O) groups is 1. The molecule has 3 aromatic rings. The maximum atomic E-state index is 12.9. The molecule has 1 heterocycles. The van der Waals surface area contributed by atoms with Crippen LogP contribution in [0.3, 0.4) is 0 Å². The smallest absolute Gasteiger partial charge is 0.227 e. The van der Waals surface area contributed by atoms with Crippen molar-refractivity contribution >= 4 is 5.91 Å². The van der Waals surface area contributed by atoms with Gasteiger partial charge in [-0.25, -0.2) is 0 Å². The van der Waals surface area contributed by atoms with Crippen LogP contribution >= 0.6 is 0 Å². The zero-order valence-electron chi connectivity index (χ0n) is 18.0. The fourth-order valence-electron chi connectivity index (χ4n) is 3.55. The van der Waals surface area contributed by atoms with Crippen LogP contribution < -0.4 is 0 Å². The second-order valence-electron chi connectivity index (χ2n) is 8.53. The molecule has 1 aliphatic carbocycles. The SMILES string of the molecule is Cc1ccc(-c2noc(CCC(=O)N(Cc3ccc(C(C)C)cc3)C3CC3)n2)cc1. The second kappa shape index (κ2) is 8.82. The predicted molar refractivity (Wildman–Crippen MR) is 117 cm³/mol. The van der Waals surface area contributed by atoms with Gasteiger partial charge in [0.25, 0.3) is 0 Å². The molecule has 2 aromatic carbocycles. The summed E-state index contributed by atoms with van der Waals surface area (Å²) >= 11 is 0. The first-order valence-corrected chi connectivity index (χ1v) is 10.8. The van der Waals surface area contributed by atoms with Gasteiger partial charge in [0, 0.05) is 31.0 Å². The first-order valence-electron chi connectivity index (χ1n) is 10.8. The summed E-state index contributed by atoms with van der Waals surface area (Å²) in [6.07, 6.45) is 3.03. The minimum absolute atomic E-state index is 0.153. The van der Waals surface area contributed by atoms with Gasteiger partial charge in [-0.1, -0.05) is 73.1 Å². The summed E-state index contributed by atoms with van der Waals surface area (Å²) in [5, 5.41) is 4.07. The molecule has 0 atom stereocenters. The zero-order valence-corrected chi connectivity index (χ0v) is 18.0. The Bertz CT molecular complexity index is 986. The topological polar surface area (TPSA) is 59.2 Å². The highest BCUT2D eigenvalue weighted by atomic mass is 16.5. The molecule has 5 nitrogen and oxygen atoms in total. The van der Waals surface area contributed by atoms with Crippen LogP contribution in [0.5, 0.6) is 0 Å². The zero-order chi connectivity index (χ0) is 21.1. The Balaban J connectivity index is 1.36. The van der Waals surface area contributed by atoms with E-state index in [-0.39, 0.29) is 5.91 Å². The van der Waals surface area contributed by atoms with Gasteiger partial charge in [0.2, 0.25) is 17.6 Å². The van der Waals surface area contributed by atoms with E-state index in [0.29, 0.717) is 43.1 Å². The van der Waals surface area contributed by atoms with Crippen LogP contribution in [-0.2, 0) is 17.8 Å². The number of amides is 1. The van der Waals surface area contributed by atoms with Crippen molar-refractivity contribution in [1.29, 1.82) is 0 Å². The average molecular weight is 404 g/mol. The van der Waals surface area contributed by atoms with E-state index in [0.717, 1.165) is 18.4 Å². The predicted octanol–water partition coefficient (Wildman–Crippen LogP) is 5.29. The monoisotopic (exact) mass is 403 g/mol. The molecular weight excluding hydrogens is 374 g/mol. The third kappa shape index (κ3) is 4.96. The third-order valence-corrected chi connectivity index (χ3v) is 5.64. The molecule has 1 amide bonds. The van der Waals surface area contributed by atoms with Crippen molar-refractivity contribution in [2.75, 3.05) is 0 Å². The van der Waals surface area contributed by atoms with Gasteiger partial charge in [0.05, 0.1) is 0 Å². The molecule has 1 aliphatic rings. The number of hydrogen-bond donors (Lipinski definition) is 0. The molecule has 30 heavy (non-hydrogen) atoms. The number of rotatable bonds is 8. The van der Waals surface area contributed by atoms with Crippen LogP contribution in [0.25, 0.3) is 11.4 Å². The number of aromatic nitrogens is 2. The summed E-state index contributed by atoms with van der Waals surface area (Å²) in [7, 11) is 0. The fraction of sp³-hybridized carbons (Fsp3) is 0.400. The van der Waals surface area contributed by atoms with Gasteiger partial charge in [-0.15, -0.1) is 0 Å². The second-order valence-corrected chi connectivity index (χ2v) is 8.53. The van der Waals surface area contributed by atoms with Crippen molar-refractivity contribution < 1.29 is 9.32 Å². The van der Waals surface area contributed by atoms with E-state index in [1.54, 1.807) is 0 Å². The van der Waals surface area contributed by atoms with E-state index in [4.69, 9.17) is 4.52 Å². The minimum Gasteiger partial charge on any atom is -0.339 e. The van der Waals surface area contributed by atoms with E-state index >= 15 is 0 Å². The van der Waals surface area contributed by atoms with Crippen LogP contribution in [0.15, 0.2) is 53.1 Å². The third-order valence-electron chi connectivity index (χ3n) is 5.64. The molecule has 1 fully saturated rings. The first-order chi connectivity index (χ1) is 14.5. The van der Waals surface area contributed by atoms with Crippen molar-refractivity contribution in [2.45, 2.75) is 65.0 Å². The largest absolute Gasteiger partial charge is 0.339 e. The van der Waals surface area contributed by atoms with Crippen LogP contribution in [0, 0.1) is 6.92 Å². The van der Waals surface area contributed by atoms with Gasteiger partial charge in [-0.05, 0) is 36.8 Å². The van der Waals surface area contributed by atoms with Crippen LogP contribution in [-0.4, -0.2) is 27.0 Å². The Morgan fingerprint density at radius 3 is 2.43 bits per heavy atom. The van der Waals surface area contributed by atoms with Crippen LogP contribution in [0.1, 0.15) is 61.6 Å². The standard InChI is InChI=1S/C25H29N3O2/c1-17(2)20-10-6-19(7-11-20)16-28(22-12-13-22)24(29)15-14-23-26-25(27-30-23)21-8-4-18(3)5-9-21/h4-11,17,22H,12-16H2,1-3H3. The summed E-state index contributed by atoms with van der Waals surface area (Å²) in [6.45, 7) is 7.09. The van der Waals surface area contributed by atoms with E-state index in [1.165, 1.54) is 16.7 Å². The van der Waals surface area contributed by atoms with Crippen molar-refractivity contribution in [3.63, 3.8) is 0 Å². The van der Waals surface area contributed by atoms with Gasteiger partial charge in [0.1, 0.15) is 0 Å². The Morgan fingerprint density at radius 2 is 1.80 bits per heavy atom. The lowest BCUT2D eigenvalue weighted by molar-refractivity contribution is -0.132. The highest BCUT2D eigenvalue weighted by Crippen LogP contribution is 2.29. The molecule has 4 rings (SSSR count). The summed E-state index contributed by atoms with van der Waals surface area (Å²) in [5.41, 5.74) is 4.61. The number of hydrogen-bond acceptors (Lipinski definition) is 4. The van der Waals surface area contributed by atoms with Gasteiger partial charge >= 0.3 is 0 Å². The Kier molecular flexibility index (Phi) is 5.98. The quantitative estimate of drug-likeness (QED) is 0.513. The maximum absolute atomic E-state index is 12.9. The molecule has 0 aliphatic heterocycles. The minimum atomic E-state index is 0.153. The highest BCUT2D eigenvalue weighted by Gasteiger charge is 2.32. The molecule has 0 N–H and O–H groups in total. The normalized spacial score (nSPS) is 13.6. The van der Waals surface area contributed by atoms with Gasteiger partial charge in [0.15, 0.2) is 0 Å². The number of nitrogens with zero attached hydrogens (tertiary/aromatic N) is 3. The Labute approximate surface area is 178 Å². The molecule has 0 unspecified atom stereocenters. The molecule has 5 heteroatoms. The summed E-state index contributed by atoms with van der Waals surface area (Å²) in [5.74, 6) is 1.75. The van der Waals surface area contributed by atoms with E-state index < -0.39 is 0 Å². The van der Waals surface area contributed by atoms with Crippen molar-refractivity contribution in [3.05, 3.63) is 71.1 Å². The molecule has 156 valence electrons. The average Bonchev–Trinajstić information content (AvgIpc) is 3.48. The van der Waals surface area contributed by atoms with Crippen molar-refractivity contribution in [3.8, 4) is 11.4 Å². The number of carbonyl (C=O) groups excluding carboxylic acids is 1. The van der Waals surface area contributed by atoms with Gasteiger partial charge < -0.3 is 9.42 Å². The Hall–Kier alpha value is -2.95. The lowest BCUT2D eigenvalue weighted by atomic mass is 10.0. The summed E-state index contributed by atoms with van der Waals surface area (Å²) in [4.78, 5) is 19.4. The highest BCUT2D eigenvalue weighted by molar-refractivity contribution is 5.77. The molecular formula is C25H29N3O2. The van der Waals surface area contributed by atoms with Crippen molar-refractivity contribution in [2.24, 2.45) is 0 Å². The lowest BCUT2D eigenvalue weighted by Gasteiger charge is -2.22. The molecule has 1 aromatic heterocycles. The molecule has 0 saturated heterocycles. The van der Waals surface area contributed by atoms with E-state index in [9.17, 15) is 4.79 Å². The lowest BCUT2D eigenvalue weighted by Crippen LogP contribution is -2.32. The Morgan fingerprint density at radius 1 is 1.10 bits per heavy atom. The molecule has 0 spiro atoms. The molecule has 0 radical (unpaired) electrons. The fourth-order valence-corrected chi connectivity index (χ4v) is 3.55. The summed E-state index contributed by atoms with van der Waals surface area (Å²) in [6, 6.07) is 17.0. The molecule has 0 bridgehead atoms. The van der Waals surface area contributed by atoms with Gasteiger partial charge in [-0.3, -0.25) is 4.79 Å². The van der Waals surface area contributed by atoms with Crippen LogP contribution in [0.4, 0.5) is 0 Å². The molecule has 1 saturated carbocycles. The van der Waals surface area contributed by atoms with E-state index in [2.05, 4.69) is 48.3 Å². The van der Waals surface area contributed by atoms with Crippen LogP contribution in [0.2, 0.25) is 0 Å². The van der Waals surface area contributed by atoms with Crippen molar-refractivity contribution in [1.82, 2.24) is 15.0 Å². The van der Waals surface area contributed by atoms with E-state index in [1.807, 2.05) is 36.1 Å². The number of benzene rings is 2. The summed E-state index contributed by atoms with van der Waals surface area (Å²) < 4.78 is 5.38. The number of aryl methyl sites for hydroxylation is 2. The maximum Gasteiger partial charge on any atom is 0.227 e. The first kappa shape index (κ1) is 20.3. The van der Waals surface area contributed by atoms with Gasteiger partial charge in [-0.2, -0.15) is 4.98 Å².